The zero-order chi connectivity index (χ0) is 15.4. The van der Waals surface area contributed by atoms with E-state index in [4.69, 9.17) is 34.1 Å². The Bertz CT molecular complexity index is 700. The molecule has 0 radical (unpaired) electrons. The van der Waals surface area contributed by atoms with Crippen molar-refractivity contribution in [2.24, 2.45) is 10.9 Å². The molecule has 0 fully saturated rings. The molecule has 0 spiro atoms. The van der Waals surface area contributed by atoms with Gasteiger partial charge in [0.2, 0.25) is 0 Å². The number of nitrogens with one attached hydrogen (secondary N) is 1. The van der Waals surface area contributed by atoms with Gasteiger partial charge in [-0.1, -0.05) is 28.4 Å². The fourth-order valence-electron chi connectivity index (χ4n) is 1.63. The predicted molar refractivity (Wildman–Crippen MR) is 83.4 cm³/mol. The van der Waals surface area contributed by atoms with Crippen molar-refractivity contribution in [2.75, 3.05) is 5.32 Å². The van der Waals surface area contributed by atoms with Crippen LogP contribution in [0.5, 0.6) is 0 Å². The SMILES string of the molecule is N/C(=N/O)c1ccc(NC(=O)c2ccc(Cl)cc2)c(Cl)c1. The van der Waals surface area contributed by atoms with Crippen molar-refractivity contribution >= 4 is 40.6 Å². The third-order valence-corrected chi connectivity index (χ3v) is 3.29. The zero-order valence-electron chi connectivity index (χ0n) is 10.7. The molecule has 108 valence electrons. The van der Waals surface area contributed by atoms with E-state index in [9.17, 15) is 4.79 Å². The second-order valence-corrected chi connectivity index (χ2v) is 4.98. The van der Waals surface area contributed by atoms with Crippen LogP contribution >= 0.6 is 23.2 Å². The van der Waals surface area contributed by atoms with E-state index in [1.165, 1.54) is 6.07 Å². The van der Waals surface area contributed by atoms with E-state index >= 15 is 0 Å². The Morgan fingerprint density at radius 3 is 2.29 bits per heavy atom. The fraction of sp³-hybridized carbons (Fsp3) is 0. The van der Waals surface area contributed by atoms with E-state index in [1.807, 2.05) is 0 Å². The number of carbonyl (C=O) groups is 1. The number of halogens is 2. The monoisotopic (exact) mass is 323 g/mol. The predicted octanol–water partition coefficient (Wildman–Crippen LogP) is 3.34. The summed E-state index contributed by atoms with van der Waals surface area (Å²) in [5.74, 6) is -0.377. The molecular formula is C14H11Cl2N3O2. The van der Waals surface area contributed by atoms with Crippen molar-refractivity contribution in [1.82, 2.24) is 0 Å². The van der Waals surface area contributed by atoms with Gasteiger partial charge in [-0.2, -0.15) is 0 Å². The average molecular weight is 324 g/mol. The molecule has 2 aromatic carbocycles. The van der Waals surface area contributed by atoms with Gasteiger partial charge in [-0.25, -0.2) is 0 Å². The van der Waals surface area contributed by atoms with Gasteiger partial charge < -0.3 is 16.3 Å². The number of benzene rings is 2. The number of oxime groups is 1. The molecule has 7 heteroatoms. The van der Waals surface area contributed by atoms with Crippen LogP contribution in [0.2, 0.25) is 10.0 Å². The van der Waals surface area contributed by atoms with E-state index in [2.05, 4.69) is 10.5 Å². The summed E-state index contributed by atoms with van der Waals surface area (Å²) in [6.07, 6.45) is 0. The smallest absolute Gasteiger partial charge is 0.255 e. The van der Waals surface area contributed by atoms with Crippen LogP contribution < -0.4 is 11.1 Å². The van der Waals surface area contributed by atoms with Crippen molar-refractivity contribution in [2.45, 2.75) is 0 Å². The van der Waals surface area contributed by atoms with Crippen molar-refractivity contribution < 1.29 is 10.0 Å². The molecule has 0 saturated carbocycles. The van der Waals surface area contributed by atoms with Gasteiger partial charge in [-0.05, 0) is 42.5 Å². The summed E-state index contributed by atoms with van der Waals surface area (Å²) in [5.41, 5.74) is 6.79. The van der Waals surface area contributed by atoms with Crippen LogP contribution in [0, 0.1) is 0 Å². The van der Waals surface area contributed by atoms with Crippen LogP contribution in [0.25, 0.3) is 0 Å². The normalized spacial score (nSPS) is 11.2. The van der Waals surface area contributed by atoms with Crippen LogP contribution in [0.4, 0.5) is 5.69 Å². The number of carbonyl (C=O) groups excluding carboxylic acids is 1. The molecule has 4 N–H and O–H groups in total. The Hall–Kier alpha value is -2.24. The lowest BCUT2D eigenvalue weighted by atomic mass is 10.1. The minimum atomic E-state index is -0.315. The van der Waals surface area contributed by atoms with Gasteiger partial charge in [0.05, 0.1) is 10.7 Å². The Labute approximate surface area is 131 Å². The first-order valence-electron chi connectivity index (χ1n) is 5.85. The molecule has 0 aliphatic carbocycles. The first-order chi connectivity index (χ1) is 10.0. The van der Waals surface area contributed by atoms with Gasteiger partial charge in [-0.3, -0.25) is 4.79 Å². The van der Waals surface area contributed by atoms with Crippen LogP contribution in [0.3, 0.4) is 0 Å². The van der Waals surface area contributed by atoms with Crippen molar-refractivity contribution in [3.05, 3.63) is 63.6 Å². The van der Waals surface area contributed by atoms with E-state index in [1.54, 1.807) is 36.4 Å². The maximum atomic E-state index is 12.1. The van der Waals surface area contributed by atoms with E-state index in [0.29, 0.717) is 21.8 Å². The highest BCUT2D eigenvalue weighted by atomic mass is 35.5. The molecule has 5 nitrogen and oxygen atoms in total. The lowest BCUT2D eigenvalue weighted by Crippen LogP contribution is -2.15. The number of hydrogen-bond acceptors (Lipinski definition) is 3. The minimum Gasteiger partial charge on any atom is -0.409 e. The van der Waals surface area contributed by atoms with Crippen LogP contribution in [0.1, 0.15) is 15.9 Å². The summed E-state index contributed by atoms with van der Waals surface area (Å²) in [5, 5.41) is 15.0. The van der Waals surface area contributed by atoms with Gasteiger partial charge in [0, 0.05) is 16.1 Å². The summed E-state index contributed by atoms with van der Waals surface area (Å²) in [6, 6.07) is 11.1. The van der Waals surface area contributed by atoms with Crippen LogP contribution in [-0.4, -0.2) is 17.0 Å². The number of hydrogen-bond donors (Lipinski definition) is 3. The van der Waals surface area contributed by atoms with E-state index in [-0.39, 0.29) is 16.8 Å². The van der Waals surface area contributed by atoms with Gasteiger partial charge >= 0.3 is 0 Å². The summed E-state index contributed by atoms with van der Waals surface area (Å²) in [4.78, 5) is 12.1. The molecule has 0 aliphatic rings. The van der Waals surface area contributed by atoms with Crippen LogP contribution in [0.15, 0.2) is 47.6 Å². The molecule has 0 heterocycles. The molecule has 2 rings (SSSR count). The van der Waals surface area contributed by atoms with Crippen molar-refractivity contribution in [1.29, 1.82) is 0 Å². The van der Waals surface area contributed by atoms with Gasteiger partial charge in [-0.15, -0.1) is 0 Å². The average Bonchev–Trinajstić information content (AvgIpc) is 2.49. The molecule has 21 heavy (non-hydrogen) atoms. The van der Waals surface area contributed by atoms with Crippen molar-refractivity contribution in [3.8, 4) is 0 Å². The zero-order valence-corrected chi connectivity index (χ0v) is 12.2. The highest BCUT2D eigenvalue weighted by molar-refractivity contribution is 6.34. The van der Waals surface area contributed by atoms with Gasteiger partial charge in [0.25, 0.3) is 5.91 Å². The maximum absolute atomic E-state index is 12.1. The molecular weight excluding hydrogens is 313 g/mol. The van der Waals surface area contributed by atoms with E-state index < -0.39 is 0 Å². The van der Waals surface area contributed by atoms with Crippen molar-refractivity contribution in [3.63, 3.8) is 0 Å². The number of anilines is 1. The Kier molecular flexibility index (Phi) is 4.67. The molecule has 0 atom stereocenters. The minimum absolute atomic E-state index is 0.0625. The first kappa shape index (κ1) is 15.2. The number of nitrogens with zero attached hydrogens (tertiary/aromatic N) is 1. The molecule has 0 saturated heterocycles. The lowest BCUT2D eigenvalue weighted by Gasteiger charge is -2.09. The molecule has 2 aromatic rings. The largest absolute Gasteiger partial charge is 0.409 e. The van der Waals surface area contributed by atoms with Crippen LogP contribution in [-0.2, 0) is 0 Å². The fourth-order valence-corrected chi connectivity index (χ4v) is 1.98. The quantitative estimate of drug-likeness (QED) is 0.350. The number of rotatable bonds is 3. The van der Waals surface area contributed by atoms with Gasteiger partial charge in [0.1, 0.15) is 0 Å². The summed E-state index contributed by atoms with van der Waals surface area (Å²) in [7, 11) is 0. The highest BCUT2D eigenvalue weighted by Gasteiger charge is 2.10. The molecule has 0 aromatic heterocycles. The molecule has 0 unspecified atom stereocenters. The third-order valence-electron chi connectivity index (χ3n) is 2.73. The second-order valence-electron chi connectivity index (χ2n) is 4.14. The molecule has 0 bridgehead atoms. The number of amidine groups is 1. The lowest BCUT2D eigenvalue weighted by molar-refractivity contribution is 0.102. The van der Waals surface area contributed by atoms with Gasteiger partial charge in [0.15, 0.2) is 5.84 Å². The summed E-state index contributed by atoms with van der Waals surface area (Å²) in [6.45, 7) is 0. The Balaban J connectivity index is 2.20. The standard InChI is InChI=1S/C14H11Cl2N3O2/c15-10-4-1-8(2-5-10)14(20)18-12-6-3-9(7-11(12)16)13(17)19-21/h1-7,21H,(H2,17,19)(H,18,20). The Morgan fingerprint density at radius 2 is 1.71 bits per heavy atom. The molecule has 0 aliphatic heterocycles. The van der Waals surface area contributed by atoms with E-state index in [0.717, 1.165) is 0 Å². The maximum Gasteiger partial charge on any atom is 0.255 e. The summed E-state index contributed by atoms with van der Waals surface area (Å²) >= 11 is 11.8. The number of amides is 1. The first-order valence-corrected chi connectivity index (χ1v) is 6.61. The number of nitrogens with two attached hydrogens (primary N) is 1. The third kappa shape index (κ3) is 3.65. The Morgan fingerprint density at radius 1 is 1.10 bits per heavy atom. The topological polar surface area (TPSA) is 87.7 Å². The highest BCUT2D eigenvalue weighted by Crippen LogP contribution is 2.24. The second kappa shape index (κ2) is 6.47. The summed E-state index contributed by atoms with van der Waals surface area (Å²) < 4.78 is 0. The molecule has 1 amide bonds.